The number of hydrogen-bond acceptors (Lipinski definition) is 4. The van der Waals surface area contributed by atoms with E-state index in [0.29, 0.717) is 12.6 Å². The minimum absolute atomic E-state index is 0.0561. The molecular formula is C14H25N5O2. The minimum atomic E-state index is 0.0561. The van der Waals surface area contributed by atoms with Crippen LogP contribution in [0.5, 0.6) is 0 Å². The topological polar surface area (TPSA) is 67.9 Å². The van der Waals surface area contributed by atoms with Crippen LogP contribution in [0.1, 0.15) is 12.8 Å². The summed E-state index contributed by atoms with van der Waals surface area (Å²) in [4.78, 5) is 30.1. The second kappa shape index (κ2) is 6.62. The van der Waals surface area contributed by atoms with Gasteiger partial charge in [-0.1, -0.05) is 0 Å². The van der Waals surface area contributed by atoms with E-state index in [0.717, 1.165) is 65.2 Å². The van der Waals surface area contributed by atoms with Crippen molar-refractivity contribution in [3.8, 4) is 0 Å². The fourth-order valence-electron chi connectivity index (χ4n) is 3.42. The Balaban J connectivity index is 1.44. The Morgan fingerprint density at radius 1 is 1.05 bits per heavy atom. The number of likely N-dealkylation sites (tertiary alicyclic amines) is 1. The number of nitrogens with zero attached hydrogens (tertiary/aromatic N) is 3. The molecule has 3 fully saturated rings. The molecule has 0 aromatic rings. The third-order valence-electron chi connectivity index (χ3n) is 4.72. The van der Waals surface area contributed by atoms with E-state index >= 15 is 0 Å². The first-order valence-corrected chi connectivity index (χ1v) is 7.99. The number of nitrogens with one attached hydrogen (secondary N) is 2. The Morgan fingerprint density at radius 2 is 1.76 bits per heavy atom. The summed E-state index contributed by atoms with van der Waals surface area (Å²) in [5.41, 5.74) is 0. The molecule has 7 heteroatoms. The maximum Gasteiger partial charge on any atom is 0.317 e. The molecule has 3 saturated heterocycles. The summed E-state index contributed by atoms with van der Waals surface area (Å²) in [6.45, 7) is 7.50. The third-order valence-corrected chi connectivity index (χ3v) is 4.72. The highest BCUT2D eigenvalue weighted by Crippen LogP contribution is 2.18. The van der Waals surface area contributed by atoms with Crippen LogP contribution in [0, 0.1) is 0 Å². The molecule has 3 aliphatic rings. The minimum Gasteiger partial charge on any atom is -0.341 e. The van der Waals surface area contributed by atoms with Gasteiger partial charge in [-0.05, 0) is 12.8 Å². The Labute approximate surface area is 125 Å². The fraction of sp³-hybridized carbons (Fsp3) is 0.857. The van der Waals surface area contributed by atoms with E-state index in [-0.39, 0.29) is 11.9 Å². The molecule has 3 heterocycles. The molecule has 21 heavy (non-hydrogen) atoms. The molecule has 118 valence electrons. The first-order valence-electron chi connectivity index (χ1n) is 7.99. The largest absolute Gasteiger partial charge is 0.341 e. The van der Waals surface area contributed by atoms with Gasteiger partial charge >= 0.3 is 6.03 Å². The summed E-state index contributed by atoms with van der Waals surface area (Å²) in [6, 6.07) is 0.358. The molecule has 0 aromatic heterocycles. The number of piperidine rings is 1. The van der Waals surface area contributed by atoms with Gasteiger partial charge in [-0.25, -0.2) is 4.79 Å². The van der Waals surface area contributed by atoms with Gasteiger partial charge in [0.25, 0.3) is 0 Å². The number of rotatable bonds is 3. The second-order valence-electron chi connectivity index (χ2n) is 6.06. The molecule has 3 rings (SSSR count). The van der Waals surface area contributed by atoms with Crippen LogP contribution in [0.4, 0.5) is 4.79 Å². The van der Waals surface area contributed by atoms with Crippen LogP contribution in [0.25, 0.3) is 0 Å². The van der Waals surface area contributed by atoms with E-state index in [9.17, 15) is 9.59 Å². The predicted molar refractivity (Wildman–Crippen MR) is 79.0 cm³/mol. The SMILES string of the molecule is O=C(CN1CCNCC1)N1CCC(N2CCNC2=O)CC1. The molecular weight excluding hydrogens is 270 g/mol. The zero-order valence-electron chi connectivity index (χ0n) is 12.5. The number of urea groups is 1. The van der Waals surface area contributed by atoms with Gasteiger partial charge in [-0.15, -0.1) is 0 Å². The van der Waals surface area contributed by atoms with Crippen LogP contribution in [0.2, 0.25) is 0 Å². The van der Waals surface area contributed by atoms with Gasteiger partial charge in [0.05, 0.1) is 6.54 Å². The lowest BCUT2D eigenvalue weighted by Crippen LogP contribution is -2.52. The second-order valence-corrected chi connectivity index (χ2v) is 6.06. The van der Waals surface area contributed by atoms with Gasteiger partial charge in [0, 0.05) is 58.4 Å². The molecule has 3 aliphatic heterocycles. The summed E-state index contributed by atoms with van der Waals surface area (Å²) in [7, 11) is 0. The first-order chi connectivity index (χ1) is 10.2. The monoisotopic (exact) mass is 295 g/mol. The summed E-state index contributed by atoms with van der Waals surface area (Å²) < 4.78 is 0. The summed E-state index contributed by atoms with van der Waals surface area (Å²) in [6.07, 6.45) is 1.81. The van der Waals surface area contributed by atoms with Crippen LogP contribution >= 0.6 is 0 Å². The van der Waals surface area contributed by atoms with Crippen molar-refractivity contribution < 1.29 is 9.59 Å². The van der Waals surface area contributed by atoms with Crippen molar-refractivity contribution in [3.05, 3.63) is 0 Å². The Morgan fingerprint density at radius 3 is 2.38 bits per heavy atom. The van der Waals surface area contributed by atoms with Crippen molar-refractivity contribution in [2.45, 2.75) is 18.9 Å². The molecule has 7 nitrogen and oxygen atoms in total. The van der Waals surface area contributed by atoms with Crippen molar-refractivity contribution in [2.24, 2.45) is 0 Å². The van der Waals surface area contributed by atoms with Crippen molar-refractivity contribution in [2.75, 3.05) is 58.9 Å². The number of carbonyl (C=O) groups excluding carboxylic acids is 2. The zero-order valence-corrected chi connectivity index (χ0v) is 12.5. The molecule has 3 amide bonds. The van der Waals surface area contributed by atoms with Crippen molar-refractivity contribution in [1.82, 2.24) is 25.3 Å². The maximum absolute atomic E-state index is 12.3. The van der Waals surface area contributed by atoms with Gasteiger partial charge < -0.3 is 20.4 Å². The highest BCUT2D eigenvalue weighted by molar-refractivity contribution is 5.79. The van der Waals surface area contributed by atoms with Crippen LogP contribution in [0.15, 0.2) is 0 Å². The predicted octanol–water partition coefficient (Wildman–Crippen LogP) is -1.09. The van der Waals surface area contributed by atoms with Crippen LogP contribution in [-0.2, 0) is 4.79 Å². The first kappa shape index (κ1) is 14.6. The molecule has 0 aliphatic carbocycles. The van der Waals surface area contributed by atoms with Crippen molar-refractivity contribution >= 4 is 11.9 Å². The number of amides is 3. The standard InChI is InChI=1S/C14H25N5O2/c20-13(11-17-8-3-15-4-9-17)18-6-1-12(2-7-18)19-10-5-16-14(19)21/h12,15H,1-11H2,(H,16,21). The molecule has 0 bridgehead atoms. The quantitative estimate of drug-likeness (QED) is 0.694. The number of piperazine rings is 1. The van der Waals surface area contributed by atoms with Crippen LogP contribution < -0.4 is 10.6 Å². The van der Waals surface area contributed by atoms with Gasteiger partial charge in [-0.3, -0.25) is 9.69 Å². The Hall–Kier alpha value is -1.34. The maximum atomic E-state index is 12.3. The Bertz CT molecular complexity index is 389. The van der Waals surface area contributed by atoms with E-state index in [1.54, 1.807) is 0 Å². The van der Waals surface area contributed by atoms with E-state index < -0.39 is 0 Å². The average molecular weight is 295 g/mol. The molecule has 0 spiro atoms. The zero-order chi connectivity index (χ0) is 14.7. The van der Waals surface area contributed by atoms with Gasteiger partial charge in [0.15, 0.2) is 0 Å². The molecule has 0 radical (unpaired) electrons. The molecule has 0 aromatic carbocycles. The summed E-state index contributed by atoms with van der Waals surface area (Å²) in [5.74, 6) is 0.237. The highest BCUT2D eigenvalue weighted by Gasteiger charge is 2.32. The van der Waals surface area contributed by atoms with E-state index in [4.69, 9.17) is 0 Å². The van der Waals surface area contributed by atoms with E-state index in [2.05, 4.69) is 15.5 Å². The average Bonchev–Trinajstić information content (AvgIpc) is 2.94. The van der Waals surface area contributed by atoms with Crippen LogP contribution in [-0.4, -0.2) is 91.6 Å². The van der Waals surface area contributed by atoms with Gasteiger partial charge in [-0.2, -0.15) is 0 Å². The number of carbonyl (C=O) groups is 2. The lowest BCUT2D eigenvalue weighted by atomic mass is 10.0. The third kappa shape index (κ3) is 3.47. The lowest BCUT2D eigenvalue weighted by molar-refractivity contribution is -0.133. The number of hydrogen-bond donors (Lipinski definition) is 2. The molecule has 0 atom stereocenters. The smallest absolute Gasteiger partial charge is 0.317 e. The molecule has 0 unspecified atom stereocenters. The summed E-state index contributed by atoms with van der Waals surface area (Å²) >= 11 is 0. The summed E-state index contributed by atoms with van der Waals surface area (Å²) in [5, 5.41) is 6.15. The van der Waals surface area contributed by atoms with Crippen molar-refractivity contribution in [1.29, 1.82) is 0 Å². The molecule has 2 N–H and O–H groups in total. The van der Waals surface area contributed by atoms with Crippen molar-refractivity contribution in [3.63, 3.8) is 0 Å². The molecule has 0 saturated carbocycles. The van der Waals surface area contributed by atoms with Gasteiger partial charge in [0.2, 0.25) is 5.91 Å². The van der Waals surface area contributed by atoms with Crippen LogP contribution in [0.3, 0.4) is 0 Å². The van der Waals surface area contributed by atoms with Gasteiger partial charge in [0.1, 0.15) is 0 Å². The fourth-order valence-corrected chi connectivity index (χ4v) is 3.42. The van der Waals surface area contributed by atoms with E-state index in [1.165, 1.54) is 0 Å². The van der Waals surface area contributed by atoms with E-state index in [1.807, 2.05) is 9.80 Å². The normalized spacial score (nSPS) is 25.2. The lowest BCUT2D eigenvalue weighted by Gasteiger charge is -2.37. The Kier molecular flexibility index (Phi) is 4.60. The highest BCUT2D eigenvalue weighted by atomic mass is 16.2.